The van der Waals surface area contributed by atoms with E-state index in [-0.39, 0.29) is 6.10 Å². The van der Waals surface area contributed by atoms with Gasteiger partial charge in [-0.3, -0.25) is 0 Å². The second kappa shape index (κ2) is 5.50. The summed E-state index contributed by atoms with van der Waals surface area (Å²) in [6.07, 6.45) is 1.37. The fourth-order valence-corrected chi connectivity index (χ4v) is 1.24. The third-order valence-corrected chi connectivity index (χ3v) is 2.16. The van der Waals surface area contributed by atoms with Crippen molar-refractivity contribution in [2.75, 3.05) is 17.6 Å². The molecule has 1 rings (SSSR count). The minimum Gasteiger partial charge on any atom is -0.399 e. The molecule has 0 fully saturated rings. The van der Waals surface area contributed by atoms with E-state index < -0.39 is 0 Å². The molecule has 0 aliphatic rings. The van der Waals surface area contributed by atoms with Crippen LogP contribution in [0.1, 0.15) is 19.8 Å². The maximum absolute atomic E-state index is 9.33. The number of benzene rings is 1. The lowest BCUT2D eigenvalue weighted by molar-refractivity contribution is 0.164. The molecule has 78 valence electrons. The smallest absolute Gasteiger partial charge is 0.0554 e. The average Bonchev–Trinajstić information content (AvgIpc) is 2.17. The number of nitrogen functional groups attached to an aromatic ring is 1. The monoisotopic (exact) mass is 194 g/mol. The Hall–Kier alpha value is -1.22. The molecule has 0 radical (unpaired) electrons. The standard InChI is InChI=1S/C11H18N2O/c1-2-11(14)6-7-13-10-5-3-4-9(12)8-10/h3-5,8,11,13-14H,2,6-7,12H2,1H3. The summed E-state index contributed by atoms with van der Waals surface area (Å²) < 4.78 is 0. The Morgan fingerprint density at radius 1 is 1.50 bits per heavy atom. The van der Waals surface area contributed by atoms with Crippen molar-refractivity contribution in [3.05, 3.63) is 24.3 Å². The molecular weight excluding hydrogens is 176 g/mol. The summed E-state index contributed by atoms with van der Waals surface area (Å²) >= 11 is 0. The van der Waals surface area contributed by atoms with Gasteiger partial charge in [0.1, 0.15) is 0 Å². The largest absolute Gasteiger partial charge is 0.399 e. The summed E-state index contributed by atoms with van der Waals surface area (Å²) in [7, 11) is 0. The molecule has 0 aliphatic heterocycles. The molecule has 0 spiro atoms. The third-order valence-electron chi connectivity index (χ3n) is 2.16. The fourth-order valence-electron chi connectivity index (χ4n) is 1.24. The molecule has 4 N–H and O–H groups in total. The van der Waals surface area contributed by atoms with Gasteiger partial charge in [0, 0.05) is 17.9 Å². The highest BCUT2D eigenvalue weighted by Crippen LogP contribution is 2.11. The van der Waals surface area contributed by atoms with Gasteiger partial charge in [0.2, 0.25) is 0 Å². The zero-order valence-corrected chi connectivity index (χ0v) is 8.53. The first-order valence-corrected chi connectivity index (χ1v) is 5.00. The summed E-state index contributed by atoms with van der Waals surface area (Å²) in [5.41, 5.74) is 7.39. The van der Waals surface area contributed by atoms with Gasteiger partial charge in [-0.05, 0) is 31.0 Å². The van der Waals surface area contributed by atoms with E-state index in [9.17, 15) is 5.11 Å². The lowest BCUT2D eigenvalue weighted by Crippen LogP contribution is -2.12. The number of nitrogens with two attached hydrogens (primary N) is 1. The summed E-state index contributed by atoms with van der Waals surface area (Å²) in [5, 5.41) is 12.5. The number of hydrogen-bond acceptors (Lipinski definition) is 3. The van der Waals surface area contributed by atoms with Crippen LogP contribution in [0.5, 0.6) is 0 Å². The molecule has 0 aromatic heterocycles. The zero-order valence-electron chi connectivity index (χ0n) is 8.53. The van der Waals surface area contributed by atoms with Crippen LogP contribution in [0.3, 0.4) is 0 Å². The molecule has 0 saturated carbocycles. The van der Waals surface area contributed by atoms with E-state index >= 15 is 0 Å². The van der Waals surface area contributed by atoms with Crippen molar-refractivity contribution >= 4 is 11.4 Å². The van der Waals surface area contributed by atoms with E-state index in [2.05, 4.69) is 5.32 Å². The minimum absolute atomic E-state index is 0.205. The van der Waals surface area contributed by atoms with Gasteiger partial charge < -0.3 is 16.2 Å². The molecule has 0 aliphatic carbocycles. The predicted octanol–water partition coefficient (Wildman–Crippen LogP) is 1.84. The highest BCUT2D eigenvalue weighted by molar-refractivity contribution is 5.53. The van der Waals surface area contributed by atoms with Crippen molar-refractivity contribution in [1.82, 2.24) is 0 Å². The third kappa shape index (κ3) is 3.66. The Kier molecular flexibility index (Phi) is 4.26. The van der Waals surface area contributed by atoms with E-state index in [1.807, 2.05) is 31.2 Å². The maximum Gasteiger partial charge on any atom is 0.0554 e. The van der Waals surface area contributed by atoms with E-state index in [0.29, 0.717) is 0 Å². The van der Waals surface area contributed by atoms with Gasteiger partial charge >= 0.3 is 0 Å². The highest BCUT2D eigenvalue weighted by Gasteiger charge is 1.99. The summed E-state index contributed by atoms with van der Waals surface area (Å²) in [5.74, 6) is 0. The molecular formula is C11H18N2O. The topological polar surface area (TPSA) is 58.3 Å². The number of aliphatic hydroxyl groups excluding tert-OH is 1. The van der Waals surface area contributed by atoms with Crippen LogP contribution in [0.25, 0.3) is 0 Å². The van der Waals surface area contributed by atoms with Crippen molar-refractivity contribution in [1.29, 1.82) is 0 Å². The van der Waals surface area contributed by atoms with Gasteiger partial charge in [0.05, 0.1) is 6.10 Å². The SMILES string of the molecule is CCC(O)CCNc1cccc(N)c1. The van der Waals surface area contributed by atoms with E-state index in [1.54, 1.807) is 0 Å². The van der Waals surface area contributed by atoms with Crippen LogP contribution in [0.2, 0.25) is 0 Å². The Balaban J connectivity index is 2.31. The Morgan fingerprint density at radius 3 is 2.93 bits per heavy atom. The van der Waals surface area contributed by atoms with Gasteiger partial charge in [-0.2, -0.15) is 0 Å². The van der Waals surface area contributed by atoms with Crippen molar-refractivity contribution in [2.24, 2.45) is 0 Å². The summed E-state index contributed by atoms with van der Waals surface area (Å²) in [6, 6.07) is 7.62. The van der Waals surface area contributed by atoms with Crippen LogP contribution >= 0.6 is 0 Å². The van der Waals surface area contributed by atoms with Gasteiger partial charge in [-0.15, -0.1) is 0 Å². The van der Waals surface area contributed by atoms with Gasteiger partial charge in [0.15, 0.2) is 0 Å². The van der Waals surface area contributed by atoms with Crippen LogP contribution in [0.4, 0.5) is 11.4 Å². The number of aliphatic hydroxyl groups is 1. The fraction of sp³-hybridized carbons (Fsp3) is 0.455. The highest BCUT2D eigenvalue weighted by atomic mass is 16.3. The van der Waals surface area contributed by atoms with E-state index in [1.165, 1.54) is 0 Å². The maximum atomic E-state index is 9.33. The number of nitrogens with one attached hydrogen (secondary N) is 1. The average molecular weight is 194 g/mol. The lowest BCUT2D eigenvalue weighted by atomic mass is 10.2. The van der Waals surface area contributed by atoms with Crippen molar-refractivity contribution in [3.8, 4) is 0 Å². The Labute approximate surface area is 84.9 Å². The summed E-state index contributed by atoms with van der Waals surface area (Å²) in [4.78, 5) is 0. The van der Waals surface area contributed by atoms with Crippen molar-refractivity contribution < 1.29 is 5.11 Å². The molecule has 3 nitrogen and oxygen atoms in total. The van der Waals surface area contributed by atoms with Gasteiger partial charge in [-0.25, -0.2) is 0 Å². The second-order valence-corrected chi connectivity index (χ2v) is 3.40. The minimum atomic E-state index is -0.205. The molecule has 1 atom stereocenters. The van der Waals surface area contributed by atoms with Crippen LogP contribution in [0, 0.1) is 0 Å². The van der Waals surface area contributed by atoms with Crippen LogP contribution in [-0.2, 0) is 0 Å². The number of rotatable bonds is 5. The Morgan fingerprint density at radius 2 is 2.29 bits per heavy atom. The molecule has 0 bridgehead atoms. The van der Waals surface area contributed by atoms with Crippen molar-refractivity contribution in [2.45, 2.75) is 25.9 Å². The molecule has 14 heavy (non-hydrogen) atoms. The molecule has 1 aromatic rings. The Bertz CT molecular complexity index is 276. The van der Waals surface area contributed by atoms with Gasteiger partial charge in [-0.1, -0.05) is 13.0 Å². The number of hydrogen-bond donors (Lipinski definition) is 3. The van der Waals surface area contributed by atoms with Crippen LogP contribution < -0.4 is 11.1 Å². The van der Waals surface area contributed by atoms with Crippen molar-refractivity contribution in [3.63, 3.8) is 0 Å². The molecule has 1 aromatic carbocycles. The van der Waals surface area contributed by atoms with E-state index in [4.69, 9.17) is 5.73 Å². The zero-order chi connectivity index (χ0) is 10.4. The quantitative estimate of drug-likeness (QED) is 0.627. The van der Waals surface area contributed by atoms with E-state index in [0.717, 1.165) is 30.8 Å². The first kappa shape index (κ1) is 10.9. The molecule has 0 amide bonds. The molecule has 0 heterocycles. The first-order chi connectivity index (χ1) is 6.72. The number of anilines is 2. The lowest BCUT2D eigenvalue weighted by Gasteiger charge is -2.09. The van der Waals surface area contributed by atoms with Crippen LogP contribution in [-0.4, -0.2) is 17.8 Å². The van der Waals surface area contributed by atoms with Gasteiger partial charge in [0.25, 0.3) is 0 Å². The van der Waals surface area contributed by atoms with Crippen LogP contribution in [0.15, 0.2) is 24.3 Å². The molecule has 0 saturated heterocycles. The normalized spacial score (nSPS) is 12.4. The first-order valence-electron chi connectivity index (χ1n) is 5.00. The summed E-state index contributed by atoms with van der Waals surface area (Å²) in [6.45, 7) is 2.75. The molecule has 1 unspecified atom stereocenters. The predicted molar refractivity (Wildman–Crippen MR) is 60.3 cm³/mol. The second-order valence-electron chi connectivity index (χ2n) is 3.40. The molecule has 3 heteroatoms.